The Labute approximate surface area is 100 Å². The van der Waals surface area contributed by atoms with Crippen LogP contribution in [0.2, 0.25) is 0 Å². The lowest BCUT2D eigenvalue weighted by Crippen LogP contribution is -2.00. The lowest BCUT2D eigenvalue weighted by molar-refractivity contribution is 0.111. The molecular formula is C14H13NO2. The van der Waals surface area contributed by atoms with Crippen molar-refractivity contribution in [2.75, 3.05) is 0 Å². The average molecular weight is 227 g/mol. The highest BCUT2D eigenvalue weighted by Crippen LogP contribution is 2.16. The predicted octanol–water partition coefficient (Wildman–Crippen LogP) is 2.78. The van der Waals surface area contributed by atoms with Crippen molar-refractivity contribution in [3.63, 3.8) is 0 Å². The van der Waals surface area contributed by atoms with Crippen molar-refractivity contribution in [3.8, 4) is 5.75 Å². The summed E-state index contributed by atoms with van der Waals surface area (Å²) in [6.45, 7) is 2.30. The minimum atomic E-state index is 0.368. The van der Waals surface area contributed by atoms with Gasteiger partial charge in [-0.1, -0.05) is 18.2 Å². The van der Waals surface area contributed by atoms with Crippen molar-refractivity contribution in [1.29, 1.82) is 0 Å². The number of pyridine rings is 1. The molecule has 0 atom stereocenters. The van der Waals surface area contributed by atoms with Crippen LogP contribution >= 0.6 is 0 Å². The van der Waals surface area contributed by atoms with Gasteiger partial charge in [0.2, 0.25) is 0 Å². The molecule has 0 amide bonds. The second-order valence-corrected chi connectivity index (χ2v) is 3.71. The van der Waals surface area contributed by atoms with Crippen LogP contribution in [0.15, 0.2) is 42.5 Å². The number of hydrogen-bond donors (Lipinski definition) is 0. The van der Waals surface area contributed by atoms with Crippen LogP contribution < -0.4 is 4.74 Å². The van der Waals surface area contributed by atoms with Gasteiger partial charge in [-0.3, -0.25) is 9.78 Å². The summed E-state index contributed by atoms with van der Waals surface area (Å²) in [4.78, 5) is 15.1. The fourth-order valence-corrected chi connectivity index (χ4v) is 1.54. The van der Waals surface area contributed by atoms with E-state index < -0.39 is 0 Å². The number of aldehydes is 1. The summed E-state index contributed by atoms with van der Waals surface area (Å²) in [5.41, 5.74) is 2.36. The van der Waals surface area contributed by atoms with Gasteiger partial charge in [0.05, 0.1) is 11.3 Å². The standard InChI is InChI=1S/C14H13NO2/c1-11-5-4-7-13(15-11)10-17-14-8-3-2-6-12(14)9-16/h2-9H,10H2,1H3. The van der Waals surface area contributed by atoms with Gasteiger partial charge in [-0.05, 0) is 31.2 Å². The van der Waals surface area contributed by atoms with Crippen molar-refractivity contribution in [1.82, 2.24) is 4.98 Å². The summed E-state index contributed by atoms with van der Waals surface area (Å²) in [5, 5.41) is 0. The number of carbonyl (C=O) groups is 1. The van der Waals surface area contributed by atoms with Gasteiger partial charge in [0, 0.05) is 5.69 Å². The zero-order chi connectivity index (χ0) is 12.1. The molecule has 0 fully saturated rings. The number of hydrogen-bond acceptors (Lipinski definition) is 3. The van der Waals surface area contributed by atoms with Gasteiger partial charge >= 0.3 is 0 Å². The molecule has 0 aliphatic rings. The van der Waals surface area contributed by atoms with Gasteiger partial charge in [-0.15, -0.1) is 0 Å². The molecule has 0 aliphatic carbocycles. The zero-order valence-corrected chi connectivity index (χ0v) is 9.59. The van der Waals surface area contributed by atoms with E-state index in [1.54, 1.807) is 12.1 Å². The van der Waals surface area contributed by atoms with Gasteiger partial charge < -0.3 is 4.74 Å². The second-order valence-electron chi connectivity index (χ2n) is 3.71. The van der Waals surface area contributed by atoms with Crippen molar-refractivity contribution in [3.05, 3.63) is 59.4 Å². The van der Waals surface area contributed by atoms with Crippen LogP contribution in [-0.2, 0) is 6.61 Å². The summed E-state index contributed by atoms with van der Waals surface area (Å²) < 4.78 is 5.58. The number of nitrogens with zero attached hydrogens (tertiary/aromatic N) is 1. The maximum absolute atomic E-state index is 10.8. The van der Waals surface area contributed by atoms with E-state index in [1.807, 2.05) is 37.3 Å². The Balaban J connectivity index is 2.09. The fourth-order valence-electron chi connectivity index (χ4n) is 1.54. The molecule has 0 radical (unpaired) electrons. The number of benzene rings is 1. The molecule has 17 heavy (non-hydrogen) atoms. The lowest BCUT2D eigenvalue weighted by atomic mass is 10.2. The number of para-hydroxylation sites is 1. The molecule has 0 N–H and O–H groups in total. The fraction of sp³-hybridized carbons (Fsp3) is 0.143. The topological polar surface area (TPSA) is 39.2 Å². The molecule has 1 aromatic carbocycles. The molecule has 1 heterocycles. The van der Waals surface area contributed by atoms with E-state index >= 15 is 0 Å². The summed E-state index contributed by atoms with van der Waals surface area (Å²) in [7, 11) is 0. The van der Waals surface area contributed by atoms with Gasteiger partial charge in [0.15, 0.2) is 6.29 Å². The number of carbonyl (C=O) groups excluding carboxylic acids is 1. The van der Waals surface area contributed by atoms with Crippen LogP contribution in [0.4, 0.5) is 0 Å². The maximum atomic E-state index is 10.8. The van der Waals surface area contributed by atoms with Crippen LogP contribution in [-0.4, -0.2) is 11.3 Å². The average Bonchev–Trinajstić information content (AvgIpc) is 2.37. The van der Waals surface area contributed by atoms with Crippen molar-refractivity contribution >= 4 is 6.29 Å². The molecule has 3 heteroatoms. The molecule has 3 nitrogen and oxygen atoms in total. The quantitative estimate of drug-likeness (QED) is 0.754. The second kappa shape index (κ2) is 5.25. The number of aromatic nitrogens is 1. The zero-order valence-electron chi connectivity index (χ0n) is 9.59. The lowest BCUT2D eigenvalue weighted by Gasteiger charge is -2.07. The molecule has 2 aromatic rings. The first kappa shape index (κ1) is 11.3. The summed E-state index contributed by atoms with van der Waals surface area (Å²) in [6, 6.07) is 12.9. The predicted molar refractivity (Wildman–Crippen MR) is 65.1 cm³/mol. The van der Waals surface area contributed by atoms with Crippen molar-refractivity contribution < 1.29 is 9.53 Å². The molecular weight excluding hydrogens is 214 g/mol. The Morgan fingerprint density at radius 3 is 2.76 bits per heavy atom. The third-order valence-corrected chi connectivity index (χ3v) is 2.37. The third-order valence-electron chi connectivity index (χ3n) is 2.37. The van der Waals surface area contributed by atoms with Gasteiger partial charge in [0.25, 0.3) is 0 Å². The normalized spacial score (nSPS) is 9.94. The van der Waals surface area contributed by atoms with Crippen LogP contribution in [0, 0.1) is 6.92 Å². The Hall–Kier alpha value is -2.16. The Kier molecular flexibility index (Phi) is 3.50. The molecule has 0 aliphatic heterocycles. The number of rotatable bonds is 4. The van der Waals surface area contributed by atoms with Crippen LogP contribution in [0.1, 0.15) is 21.7 Å². The van der Waals surface area contributed by atoms with Gasteiger partial charge in [-0.25, -0.2) is 0 Å². The van der Waals surface area contributed by atoms with Crippen molar-refractivity contribution in [2.45, 2.75) is 13.5 Å². The highest BCUT2D eigenvalue weighted by molar-refractivity contribution is 5.79. The molecule has 0 spiro atoms. The van der Waals surface area contributed by atoms with E-state index in [9.17, 15) is 4.79 Å². The highest BCUT2D eigenvalue weighted by atomic mass is 16.5. The van der Waals surface area contributed by atoms with Crippen molar-refractivity contribution in [2.24, 2.45) is 0 Å². The SMILES string of the molecule is Cc1cccc(COc2ccccc2C=O)n1. The smallest absolute Gasteiger partial charge is 0.153 e. The van der Waals surface area contributed by atoms with Gasteiger partial charge in [0.1, 0.15) is 12.4 Å². The molecule has 86 valence electrons. The Morgan fingerprint density at radius 1 is 1.18 bits per heavy atom. The van der Waals surface area contributed by atoms with Gasteiger partial charge in [-0.2, -0.15) is 0 Å². The van der Waals surface area contributed by atoms with Crippen LogP contribution in [0.25, 0.3) is 0 Å². The van der Waals surface area contributed by atoms with E-state index in [0.717, 1.165) is 17.7 Å². The number of ether oxygens (including phenoxy) is 1. The third kappa shape index (κ3) is 2.91. The first-order valence-corrected chi connectivity index (χ1v) is 5.39. The molecule has 0 unspecified atom stereocenters. The summed E-state index contributed by atoms with van der Waals surface area (Å²) in [5.74, 6) is 0.589. The number of aryl methyl sites for hydroxylation is 1. The highest BCUT2D eigenvalue weighted by Gasteiger charge is 2.02. The van der Waals surface area contributed by atoms with Crippen LogP contribution in [0.3, 0.4) is 0 Å². The summed E-state index contributed by atoms with van der Waals surface area (Å²) >= 11 is 0. The monoisotopic (exact) mass is 227 g/mol. The van der Waals surface area contributed by atoms with E-state index in [1.165, 1.54) is 0 Å². The first-order valence-electron chi connectivity index (χ1n) is 5.39. The molecule has 0 bridgehead atoms. The summed E-state index contributed by atoms with van der Waals surface area (Å²) in [6.07, 6.45) is 0.791. The molecule has 2 rings (SSSR count). The largest absolute Gasteiger partial charge is 0.487 e. The van der Waals surface area contributed by atoms with E-state index in [0.29, 0.717) is 17.9 Å². The molecule has 1 aromatic heterocycles. The minimum absolute atomic E-state index is 0.368. The van der Waals surface area contributed by atoms with Crippen LogP contribution in [0.5, 0.6) is 5.75 Å². The van der Waals surface area contributed by atoms with E-state index in [-0.39, 0.29) is 0 Å². The maximum Gasteiger partial charge on any atom is 0.153 e. The Morgan fingerprint density at radius 2 is 2.00 bits per heavy atom. The Bertz CT molecular complexity index is 523. The molecule has 0 saturated carbocycles. The molecule has 0 saturated heterocycles. The minimum Gasteiger partial charge on any atom is -0.487 e. The van der Waals surface area contributed by atoms with E-state index in [2.05, 4.69) is 4.98 Å². The first-order chi connectivity index (χ1) is 8.29. The van der Waals surface area contributed by atoms with E-state index in [4.69, 9.17) is 4.74 Å².